The van der Waals surface area contributed by atoms with Crippen LogP contribution < -0.4 is 10.2 Å². The summed E-state index contributed by atoms with van der Waals surface area (Å²) in [4.78, 5) is 13.6. The number of halogens is 2. The number of hydrogen-bond donors (Lipinski definition) is 2. The summed E-state index contributed by atoms with van der Waals surface area (Å²) in [7, 11) is 2.08. The van der Waals surface area contributed by atoms with E-state index in [9.17, 15) is 4.79 Å². The summed E-state index contributed by atoms with van der Waals surface area (Å²) in [5.74, 6) is -0.0558. The van der Waals surface area contributed by atoms with Gasteiger partial charge in [0.1, 0.15) is 6.04 Å². The third-order valence-corrected chi connectivity index (χ3v) is 5.17. The lowest BCUT2D eigenvalue weighted by Crippen LogP contribution is -3.10. The number of benzene rings is 2. The van der Waals surface area contributed by atoms with Crippen molar-refractivity contribution in [1.29, 1.82) is 0 Å². The van der Waals surface area contributed by atoms with E-state index in [-0.39, 0.29) is 5.91 Å². The van der Waals surface area contributed by atoms with E-state index in [1.54, 1.807) is 18.2 Å². The maximum atomic E-state index is 12.4. The molecule has 0 radical (unpaired) electrons. The quantitative estimate of drug-likeness (QED) is 0.855. The highest BCUT2D eigenvalue weighted by Gasteiger charge is 2.28. The van der Waals surface area contributed by atoms with Crippen molar-refractivity contribution in [3.05, 3.63) is 63.6 Å². The van der Waals surface area contributed by atoms with E-state index in [2.05, 4.69) is 36.6 Å². The van der Waals surface area contributed by atoms with E-state index in [4.69, 9.17) is 23.2 Å². The third-order valence-electron chi connectivity index (χ3n) is 4.61. The van der Waals surface area contributed by atoms with Crippen LogP contribution in [0.15, 0.2) is 42.5 Å². The van der Waals surface area contributed by atoms with Crippen LogP contribution in [-0.4, -0.2) is 19.5 Å². The van der Waals surface area contributed by atoms with Crippen molar-refractivity contribution >= 4 is 34.8 Å². The summed E-state index contributed by atoms with van der Waals surface area (Å²) >= 11 is 12.1. The maximum absolute atomic E-state index is 12.4. The number of hydrogen-bond acceptors (Lipinski definition) is 1. The Morgan fingerprint density at radius 2 is 2.04 bits per heavy atom. The van der Waals surface area contributed by atoms with Crippen molar-refractivity contribution in [3.8, 4) is 0 Å². The van der Waals surface area contributed by atoms with E-state index in [0.29, 0.717) is 28.3 Å². The molecule has 1 unspecified atom stereocenters. The van der Waals surface area contributed by atoms with Gasteiger partial charge in [0.15, 0.2) is 6.54 Å². The van der Waals surface area contributed by atoms with Crippen molar-refractivity contribution in [1.82, 2.24) is 0 Å². The molecule has 24 heavy (non-hydrogen) atoms. The molecular weight excluding hydrogens is 343 g/mol. The first-order valence-electron chi connectivity index (χ1n) is 8.19. The highest BCUT2D eigenvalue weighted by atomic mass is 35.5. The molecule has 0 saturated carbocycles. The first-order chi connectivity index (χ1) is 11.5. The van der Waals surface area contributed by atoms with Crippen LogP contribution in [0.4, 0.5) is 5.69 Å². The first kappa shape index (κ1) is 17.3. The van der Waals surface area contributed by atoms with Gasteiger partial charge >= 0.3 is 0 Å². The fraction of sp³-hybridized carbons (Fsp3) is 0.316. The zero-order valence-electron chi connectivity index (χ0n) is 13.6. The molecule has 0 heterocycles. The van der Waals surface area contributed by atoms with E-state index in [1.165, 1.54) is 22.4 Å². The maximum Gasteiger partial charge on any atom is 0.279 e. The molecule has 5 heteroatoms. The van der Waals surface area contributed by atoms with Crippen LogP contribution in [0.25, 0.3) is 0 Å². The number of aryl methyl sites for hydroxylation is 1. The summed E-state index contributed by atoms with van der Waals surface area (Å²) in [5.41, 5.74) is 3.34. The number of carbonyl (C=O) groups is 1. The number of likely N-dealkylation sites (N-methyl/N-ethyl adjacent to an activating group) is 1. The van der Waals surface area contributed by atoms with Gasteiger partial charge in [0.2, 0.25) is 0 Å². The monoisotopic (exact) mass is 363 g/mol. The smallest absolute Gasteiger partial charge is 0.279 e. The summed E-state index contributed by atoms with van der Waals surface area (Å²) < 4.78 is 0. The van der Waals surface area contributed by atoms with Gasteiger partial charge in [-0.2, -0.15) is 0 Å². The second kappa shape index (κ2) is 7.56. The van der Waals surface area contributed by atoms with Crippen molar-refractivity contribution in [3.63, 3.8) is 0 Å². The zero-order valence-corrected chi connectivity index (χ0v) is 15.1. The van der Waals surface area contributed by atoms with Crippen LogP contribution in [0, 0.1) is 0 Å². The van der Waals surface area contributed by atoms with E-state index in [1.807, 2.05) is 0 Å². The standard InChI is InChI=1S/C19H20Cl2N2O/c1-23(18-8-4-6-13-5-2-3-7-15(13)18)12-19(24)22-17-11-14(20)9-10-16(17)21/h2-3,5,7,9-11,18H,4,6,8,12H2,1H3,(H,22,24)/p+1/t18-/m1/s1. The van der Waals surface area contributed by atoms with Crippen molar-refractivity contribution in [2.24, 2.45) is 0 Å². The molecule has 1 aliphatic carbocycles. The predicted octanol–water partition coefficient (Wildman–Crippen LogP) is 3.52. The van der Waals surface area contributed by atoms with Gasteiger partial charge in [0, 0.05) is 17.0 Å². The van der Waals surface area contributed by atoms with Gasteiger partial charge in [-0.05, 0) is 36.6 Å². The lowest BCUT2D eigenvalue weighted by molar-refractivity contribution is -0.905. The third kappa shape index (κ3) is 3.92. The molecule has 2 atom stereocenters. The highest BCUT2D eigenvalue weighted by Crippen LogP contribution is 2.27. The van der Waals surface area contributed by atoms with Gasteiger partial charge in [-0.1, -0.05) is 47.5 Å². The molecule has 0 spiro atoms. The fourth-order valence-electron chi connectivity index (χ4n) is 3.43. The van der Waals surface area contributed by atoms with Crippen LogP contribution in [-0.2, 0) is 11.2 Å². The average molecular weight is 364 g/mol. The Kier molecular flexibility index (Phi) is 5.44. The van der Waals surface area contributed by atoms with E-state index >= 15 is 0 Å². The van der Waals surface area contributed by atoms with Gasteiger partial charge < -0.3 is 10.2 Å². The number of amides is 1. The Balaban J connectivity index is 1.68. The number of anilines is 1. The number of rotatable bonds is 4. The summed E-state index contributed by atoms with van der Waals surface area (Å²) in [6, 6.07) is 14.0. The van der Waals surface area contributed by atoms with Crippen LogP contribution >= 0.6 is 23.2 Å². The lowest BCUT2D eigenvalue weighted by atomic mass is 9.87. The Labute approximate surface area is 152 Å². The van der Waals surface area contributed by atoms with E-state index < -0.39 is 0 Å². The van der Waals surface area contributed by atoms with Crippen LogP contribution in [0.3, 0.4) is 0 Å². The minimum absolute atomic E-state index is 0.0558. The molecule has 0 fully saturated rings. The normalized spacial score (nSPS) is 17.9. The van der Waals surface area contributed by atoms with Crippen LogP contribution in [0.2, 0.25) is 10.0 Å². The van der Waals surface area contributed by atoms with Gasteiger partial charge in [0.25, 0.3) is 5.91 Å². The SMILES string of the molecule is C[NH+](CC(=O)Nc1cc(Cl)ccc1Cl)[C@@H]1CCCc2ccccc21. The topological polar surface area (TPSA) is 33.5 Å². The van der Waals surface area contributed by atoms with Crippen molar-refractivity contribution < 1.29 is 9.69 Å². The second-order valence-corrected chi connectivity index (χ2v) is 7.18. The zero-order chi connectivity index (χ0) is 17.1. The van der Waals surface area contributed by atoms with E-state index in [0.717, 1.165) is 12.8 Å². The molecule has 0 aliphatic heterocycles. The fourth-order valence-corrected chi connectivity index (χ4v) is 3.77. The molecule has 2 aromatic rings. The summed E-state index contributed by atoms with van der Waals surface area (Å²) in [5, 5.41) is 3.92. The lowest BCUT2D eigenvalue weighted by Gasteiger charge is -2.30. The van der Waals surface area contributed by atoms with Gasteiger partial charge in [-0.3, -0.25) is 4.79 Å². The Morgan fingerprint density at radius 3 is 2.88 bits per heavy atom. The van der Waals surface area contributed by atoms with Crippen molar-refractivity contribution in [2.75, 3.05) is 18.9 Å². The Bertz CT molecular complexity index is 748. The molecule has 0 saturated heterocycles. The molecule has 1 amide bonds. The Morgan fingerprint density at radius 1 is 1.25 bits per heavy atom. The average Bonchev–Trinajstić information content (AvgIpc) is 2.57. The molecule has 2 N–H and O–H groups in total. The molecule has 126 valence electrons. The minimum Gasteiger partial charge on any atom is -0.323 e. The molecule has 2 aromatic carbocycles. The van der Waals surface area contributed by atoms with Crippen LogP contribution in [0.1, 0.15) is 30.0 Å². The summed E-state index contributed by atoms with van der Waals surface area (Å²) in [6.07, 6.45) is 3.40. The molecule has 0 bridgehead atoms. The number of carbonyl (C=O) groups excluding carboxylic acids is 1. The number of nitrogens with one attached hydrogen (secondary N) is 2. The van der Waals surface area contributed by atoms with Gasteiger partial charge in [-0.15, -0.1) is 0 Å². The molecule has 0 aromatic heterocycles. The molecule has 3 rings (SSSR count). The molecule has 3 nitrogen and oxygen atoms in total. The Hall–Kier alpha value is -1.55. The molecular formula is C19H21Cl2N2O+. The van der Waals surface area contributed by atoms with Crippen molar-refractivity contribution in [2.45, 2.75) is 25.3 Å². The predicted molar refractivity (Wildman–Crippen MR) is 99.0 cm³/mol. The minimum atomic E-state index is -0.0558. The first-order valence-corrected chi connectivity index (χ1v) is 8.95. The molecule has 1 aliphatic rings. The second-order valence-electron chi connectivity index (χ2n) is 6.34. The highest BCUT2D eigenvalue weighted by molar-refractivity contribution is 6.35. The number of fused-ring (bicyclic) bond motifs is 1. The van der Waals surface area contributed by atoms with Gasteiger partial charge in [0.05, 0.1) is 17.8 Å². The largest absolute Gasteiger partial charge is 0.323 e. The van der Waals surface area contributed by atoms with Gasteiger partial charge in [-0.25, -0.2) is 0 Å². The van der Waals surface area contributed by atoms with Crippen LogP contribution in [0.5, 0.6) is 0 Å². The number of quaternary nitrogens is 1. The summed E-state index contributed by atoms with van der Waals surface area (Å²) in [6.45, 7) is 0.391.